The van der Waals surface area contributed by atoms with Gasteiger partial charge in [0.1, 0.15) is 6.04 Å². The fourth-order valence-corrected chi connectivity index (χ4v) is 2.79. The van der Waals surface area contributed by atoms with E-state index >= 15 is 0 Å². The van der Waals surface area contributed by atoms with Crippen LogP contribution < -0.4 is 5.32 Å². The molecule has 140 valence electrons. The van der Waals surface area contributed by atoms with Crippen molar-refractivity contribution in [2.75, 3.05) is 13.1 Å². The Hall–Kier alpha value is -1.76. The first-order chi connectivity index (χ1) is 11.5. The van der Waals surface area contributed by atoms with Gasteiger partial charge < -0.3 is 14.6 Å². The molecule has 1 aromatic heterocycles. The number of hydrogen-bond acceptors (Lipinski definition) is 6. The number of amides is 1. The first kappa shape index (κ1) is 19.6. The third-order valence-corrected chi connectivity index (χ3v) is 4.15. The van der Waals surface area contributed by atoms with Crippen molar-refractivity contribution in [2.45, 2.75) is 77.8 Å². The normalized spacial score (nSPS) is 18.6. The zero-order valence-corrected chi connectivity index (χ0v) is 16.2. The number of aromatic nitrogens is 2. The Kier molecular flexibility index (Phi) is 5.66. The number of hydrogen-bond donors (Lipinski definition) is 1. The molecule has 1 aromatic rings. The maximum Gasteiger partial charge on any atom is 0.286 e. The lowest BCUT2D eigenvalue weighted by Gasteiger charge is -2.24. The van der Waals surface area contributed by atoms with E-state index in [4.69, 9.17) is 4.42 Å². The minimum atomic E-state index is -0.490. The van der Waals surface area contributed by atoms with E-state index in [-0.39, 0.29) is 28.5 Å². The average Bonchev–Trinajstić information content (AvgIpc) is 3.14. The van der Waals surface area contributed by atoms with Gasteiger partial charge in [0.2, 0.25) is 17.6 Å². The van der Waals surface area contributed by atoms with E-state index in [0.717, 1.165) is 6.42 Å². The van der Waals surface area contributed by atoms with E-state index in [0.29, 0.717) is 31.8 Å². The van der Waals surface area contributed by atoms with E-state index in [9.17, 15) is 9.59 Å². The summed E-state index contributed by atoms with van der Waals surface area (Å²) >= 11 is 0. The predicted molar refractivity (Wildman–Crippen MR) is 94.4 cm³/mol. The molecule has 7 heteroatoms. The highest BCUT2D eigenvalue weighted by atomic mass is 16.4. The van der Waals surface area contributed by atoms with E-state index in [2.05, 4.69) is 36.3 Å². The standard InChI is InChI=1S/C18H30N4O3/c1-17(2,3)16-21-20-15(25-16)14(24)12-8-7-11-22(12)13(23)9-10-19-18(4,5)6/h12,19H,7-11H2,1-6H3. The third kappa shape index (κ3) is 5.11. The second-order valence-electron chi connectivity index (χ2n) is 8.70. The Morgan fingerprint density at radius 2 is 1.88 bits per heavy atom. The van der Waals surface area contributed by atoms with Gasteiger partial charge >= 0.3 is 0 Å². The summed E-state index contributed by atoms with van der Waals surface area (Å²) in [6.07, 6.45) is 1.83. The quantitative estimate of drug-likeness (QED) is 0.820. The predicted octanol–water partition coefficient (Wildman–Crippen LogP) is 2.32. The molecule has 25 heavy (non-hydrogen) atoms. The Bertz CT molecular complexity index is 625. The number of nitrogens with zero attached hydrogens (tertiary/aromatic N) is 3. The fourth-order valence-electron chi connectivity index (χ4n) is 2.79. The third-order valence-electron chi connectivity index (χ3n) is 4.15. The average molecular weight is 350 g/mol. The number of carbonyl (C=O) groups is 2. The molecule has 1 aliphatic heterocycles. The summed E-state index contributed by atoms with van der Waals surface area (Å²) in [6, 6.07) is -0.490. The van der Waals surface area contributed by atoms with Crippen LogP contribution in [0.3, 0.4) is 0 Å². The SMILES string of the molecule is CC(C)(C)NCCC(=O)N1CCCC1C(=O)c1nnc(C(C)(C)C)o1. The molecule has 0 aliphatic carbocycles. The molecule has 0 bridgehead atoms. The molecule has 1 amide bonds. The lowest BCUT2D eigenvalue weighted by molar-refractivity contribution is -0.131. The molecule has 1 aliphatic rings. The van der Waals surface area contributed by atoms with Gasteiger partial charge in [0.05, 0.1) is 0 Å². The number of likely N-dealkylation sites (tertiary alicyclic amines) is 1. The van der Waals surface area contributed by atoms with Gasteiger partial charge in [0.15, 0.2) is 0 Å². The lowest BCUT2D eigenvalue weighted by Crippen LogP contribution is -2.43. The molecule has 1 saturated heterocycles. The van der Waals surface area contributed by atoms with Gasteiger partial charge in [-0.25, -0.2) is 0 Å². The van der Waals surface area contributed by atoms with Crippen molar-refractivity contribution >= 4 is 11.7 Å². The van der Waals surface area contributed by atoms with Crippen LogP contribution in [0.2, 0.25) is 0 Å². The van der Waals surface area contributed by atoms with Crippen molar-refractivity contribution in [3.63, 3.8) is 0 Å². The van der Waals surface area contributed by atoms with Crippen molar-refractivity contribution in [1.82, 2.24) is 20.4 Å². The van der Waals surface area contributed by atoms with E-state index in [1.54, 1.807) is 4.90 Å². The zero-order chi connectivity index (χ0) is 18.8. The van der Waals surface area contributed by atoms with E-state index < -0.39 is 6.04 Å². The molecule has 1 unspecified atom stereocenters. The van der Waals surface area contributed by atoms with E-state index in [1.807, 2.05) is 20.8 Å². The second-order valence-corrected chi connectivity index (χ2v) is 8.70. The number of rotatable bonds is 5. The summed E-state index contributed by atoms with van der Waals surface area (Å²) in [4.78, 5) is 26.9. The maximum absolute atomic E-state index is 12.7. The zero-order valence-electron chi connectivity index (χ0n) is 16.2. The molecular formula is C18H30N4O3. The highest BCUT2D eigenvalue weighted by Crippen LogP contribution is 2.24. The molecule has 1 atom stereocenters. The van der Waals surface area contributed by atoms with Crippen LogP contribution >= 0.6 is 0 Å². The van der Waals surface area contributed by atoms with Crippen LogP contribution in [0.15, 0.2) is 4.42 Å². The van der Waals surface area contributed by atoms with Gasteiger partial charge in [-0.3, -0.25) is 9.59 Å². The first-order valence-electron chi connectivity index (χ1n) is 8.92. The molecule has 1 fully saturated rings. The van der Waals surface area contributed by atoms with Gasteiger partial charge in [-0.15, -0.1) is 10.2 Å². The van der Waals surface area contributed by atoms with Gasteiger partial charge in [-0.05, 0) is 33.6 Å². The highest BCUT2D eigenvalue weighted by Gasteiger charge is 2.37. The lowest BCUT2D eigenvalue weighted by atomic mass is 9.97. The minimum absolute atomic E-state index is 0.00226. The van der Waals surface area contributed by atoms with Crippen molar-refractivity contribution < 1.29 is 14.0 Å². The molecule has 0 radical (unpaired) electrons. The number of Topliss-reactive ketones (excluding diaryl/α,β-unsaturated/α-hetero) is 1. The van der Waals surface area contributed by atoms with Crippen molar-refractivity contribution in [3.8, 4) is 0 Å². The van der Waals surface area contributed by atoms with Crippen LogP contribution in [0.1, 0.15) is 77.4 Å². The summed E-state index contributed by atoms with van der Waals surface area (Å²) in [5, 5.41) is 11.2. The monoisotopic (exact) mass is 350 g/mol. The summed E-state index contributed by atoms with van der Waals surface area (Å²) in [5.74, 6) is 0.171. The van der Waals surface area contributed by atoms with Crippen LogP contribution in [0.5, 0.6) is 0 Å². The Morgan fingerprint density at radius 1 is 1.20 bits per heavy atom. The minimum Gasteiger partial charge on any atom is -0.418 e. The smallest absolute Gasteiger partial charge is 0.286 e. The molecule has 2 rings (SSSR count). The van der Waals surface area contributed by atoms with Crippen LogP contribution in [0, 0.1) is 0 Å². The van der Waals surface area contributed by atoms with Crippen LogP contribution in [0.25, 0.3) is 0 Å². The number of carbonyl (C=O) groups excluding carboxylic acids is 2. The molecular weight excluding hydrogens is 320 g/mol. The molecule has 0 spiro atoms. The summed E-state index contributed by atoms with van der Waals surface area (Å²) in [5.41, 5.74) is -0.344. The number of ketones is 1. The van der Waals surface area contributed by atoms with Crippen LogP contribution in [-0.2, 0) is 10.2 Å². The van der Waals surface area contributed by atoms with Gasteiger partial charge in [0, 0.05) is 30.5 Å². The number of nitrogens with one attached hydrogen (secondary N) is 1. The van der Waals surface area contributed by atoms with Gasteiger partial charge in [0.25, 0.3) is 5.89 Å². The van der Waals surface area contributed by atoms with E-state index in [1.165, 1.54) is 0 Å². The van der Waals surface area contributed by atoms with Crippen molar-refractivity contribution in [1.29, 1.82) is 0 Å². The molecule has 0 aromatic carbocycles. The Balaban J connectivity index is 2.01. The Morgan fingerprint density at radius 3 is 2.44 bits per heavy atom. The molecule has 7 nitrogen and oxygen atoms in total. The first-order valence-corrected chi connectivity index (χ1v) is 8.92. The van der Waals surface area contributed by atoms with Crippen molar-refractivity contribution in [2.24, 2.45) is 0 Å². The molecule has 0 saturated carbocycles. The maximum atomic E-state index is 12.7. The van der Waals surface area contributed by atoms with Gasteiger partial charge in [-0.1, -0.05) is 20.8 Å². The topological polar surface area (TPSA) is 88.3 Å². The summed E-state index contributed by atoms with van der Waals surface area (Å²) < 4.78 is 5.55. The van der Waals surface area contributed by atoms with Crippen molar-refractivity contribution in [3.05, 3.63) is 11.8 Å². The summed E-state index contributed by atoms with van der Waals surface area (Å²) in [6.45, 7) is 13.2. The molecule has 1 N–H and O–H groups in total. The Labute approximate surface area is 149 Å². The van der Waals surface area contributed by atoms with Gasteiger partial charge in [-0.2, -0.15) is 0 Å². The van der Waals surface area contributed by atoms with Crippen LogP contribution in [0.4, 0.5) is 0 Å². The highest BCUT2D eigenvalue weighted by molar-refractivity contribution is 5.98. The largest absolute Gasteiger partial charge is 0.418 e. The second kappa shape index (κ2) is 7.23. The summed E-state index contributed by atoms with van der Waals surface area (Å²) in [7, 11) is 0. The fraction of sp³-hybridized carbons (Fsp3) is 0.778. The van der Waals surface area contributed by atoms with Crippen LogP contribution in [-0.4, -0.2) is 51.5 Å². The molecule has 2 heterocycles.